The fourth-order valence-electron chi connectivity index (χ4n) is 2.83. The van der Waals surface area contributed by atoms with Crippen LogP contribution in [0.5, 0.6) is 0 Å². The summed E-state index contributed by atoms with van der Waals surface area (Å²) in [5.74, 6) is 0.344. The van der Waals surface area contributed by atoms with Gasteiger partial charge in [-0.3, -0.25) is 9.59 Å². The van der Waals surface area contributed by atoms with Gasteiger partial charge in [0.1, 0.15) is 6.04 Å². The van der Waals surface area contributed by atoms with Gasteiger partial charge in [-0.2, -0.15) is 0 Å². The molecule has 1 N–H and O–H groups in total. The first-order valence-electron chi connectivity index (χ1n) is 7.51. The highest BCUT2D eigenvalue weighted by molar-refractivity contribution is 5.94. The van der Waals surface area contributed by atoms with E-state index in [2.05, 4.69) is 19.2 Å². The van der Waals surface area contributed by atoms with E-state index in [0.29, 0.717) is 18.9 Å². The number of hydrogen-bond donors (Lipinski definition) is 1. The molecule has 4 heteroatoms. The second-order valence-corrected chi connectivity index (χ2v) is 6.31. The Kier molecular flexibility index (Phi) is 4.66. The van der Waals surface area contributed by atoms with Crippen LogP contribution in [0.15, 0.2) is 18.2 Å². The first kappa shape index (κ1) is 15.5. The van der Waals surface area contributed by atoms with Crippen LogP contribution in [0.2, 0.25) is 0 Å². The van der Waals surface area contributed by atoms with Gasteiger partial charge in [-0.05, 0) is 42.9 Å². The van der Waals surface area contributed by atoms with Crippen molar-refractivity contribution in [1.82, 2.24) is 10.2 Å². The maximum absolute atomic E-state index is 12.5. The third kappa shape index (κ3) is 3.63. The SMILES string of the molecule is Cc1cccc(C)c1CN1CC(=O)NC(CC(C)C)C1=O. The molecule has 0 saturated carbocycles. The minimum absolute atomic E-state index is 0.0333. The molecule has 4 nitrogen and oxygen atoms in total. The number of aryl methyl sites for hydroxylation is 2. The van der Waals surface area contributed by atoms with Crippen molar-refractivity contribution in [2.45, 2.75) is 46.7 Å². The highest BCUT2D eigenvalue weighted by Crippen LogP contribution is 2.19. The van der Waals surface area contributed by atoms with E-state index in [1.807, 2.05) is 32.0 Å². The van der Waals surface area contributed by atoms with Crippen LogP contribution in [0.1, 0.15) is 37.0 Å². The standard InChI is InChI=1S/C17H24N2O2/c1-11(2)8-15-17(21)19(10-16(20)18-15)9-14-12(3)6-5-7-13(14)4/h5-7,11,15H,8-10H2,1-4H3,(H,18,20). The van der Waals surface area contributed by atoms with Crippen molar-refractivity contribution in [2.24, 2.45) is 5.92 Å². The Morgan fingerprint density at radius 1 is 1.24 bits per heavy atom. The van der Waals surface area contributed by atoms with Crippen LogP contribution in [0.4, 0.5) is 0 Å². The van der Waals surface area contributed by atoms with Crippen LogP contribution in [-0.4, -0.2) is 29.3 Å². The number of carbonyl (C=O) groups is 2. The summed E-state index contributed by atoms with van der Waals surface area (Å²) in [6, 6.07) is 5.72. The van der Waals surface area contributed by atoms with Gasteiger partial charge in [-0.25, -0.2) is 0 Å². The molecular weight excluding hydrogens is 264 g/mol. The van der Waals surface area contributed by atoms with E-state index in [0.717, 1.165) is 16.7 Å². The summed E-state index contributed by atoms with van der Waals surface area (Å²) in [5.41, 5.74) is 3.47. The average Bonchev–Trinajstić information content (AvgIpc) is 2.38. The fourth-order valence-corrected chi connectivity index (χ4v) is 2.83. The Labute approximate surface area is 126 Å². The normalized spacial score (nSPS) is 19.1. The van der Waals surface area contributed by atoms with E-state index in [1.54, 1.807) is 4.90 Å². The molecule has 1 aromatic rings. The minimum Gasteiger partial charge on any atom is -0.343 e. The summed E-state index contributed by atoms with van der Waals surface area (Å²) in [6.45, 7) is 8.87. The van der Waals surface area contributed by atoms with Gasteiger partial charge in [0.15, 0.2) is 0 Å². The number of amides is 2. The zero-order valence-electron chi connectivity index (χ0n) is 13.3. The Morgan fingerprint density at radius 2 is 1.86 bits per heavy atom. The van der Waals surface area contributed by atoms with Gasteiger partial charge in [0.05, 0.1) is 6.54 Å². The average molecular weight is 288 g/mol. The molecule has 0 aliphatic carbocycles. The topological polar surface area (TPSA) is 49.4 Å². The molecule has 0 radical (unpaired) electrons. The second-order valence-electron chi connectivity index (χ2n) is 6.31. The van der Waals surface area contributed by atoms with E-state index in [-0.39, 0.29) is 24.4 Å². The summed E-state index contributed by atoms with van der Waals surface area (Å²) < 4.78 is 0. The number of piperazine rings is 1. The molecule has 0 aromatic heterocycles. The molecular formula is C17H24N2O2. The monoisotopic (exact) mass is 288 g/mol. The third-order valence-electron chi connectivity index (χ3n) is 3.98. The van der Waals surface area contributed by atoms with Gasteiger partial charge in [0, 0.05) is 6.54 Å². The van der Waals surface area contributed by atoms with Gasteiger partial charge in [-0.1, -0.05) is 32.0 Å². The molecule has 114 valence electrons. The zero-order chi connectivity index (χ0) is 15.6. The molecule has 2 rings (SSSR count). The summed E-state index contributed by atoms with van der Waals surface area (Å²) >= 11 is 0. The largest absolute Gasteiger partial charge is 0.343 e. The maximum Gasteiger partial charge on any atom is 0.245 e. The number of nitrogens with one attached hydrogen (secondary N) is 1. The number of benzene rings is 1. The molecule has 0 bridgehead atoms. The Bertz CT molecular complexity index is 531. The Hall–Kier alpha value is -1.84. The molecule has 1 fully saturated rings. The van der Waals surface area contributed by atoms with Crippen molar-refractivity contribution in [3.63, 3.8) is 0 Å². The lowest BCUT2D eigenvalue weighted by Gasteiger charge is -2.34. The van der Waals surface area contributed by atoms with Crippen molar-refractivity contribution >= 4 is 11.8 Å². The van der Waals surface area contributed by atoms with Gasteiger partial charge in [0.2, 0.25) is 11.8 Å². The molecule has 21 heavy (non-hydrogen) atoms. The number of nitrogens with zero attached hydrogens (tertiary/aromatic N) is 1. The number of hydrogen-bond acceptors (Lipinski definition) is 2. The van der Waals surface area contributed by atoms with Crippen LogP contribution in [0.3, 0.4) is 0 Å². The molecule has 1 heterocycles. The van der Waals surface area contributed by atoms with Crippen LogP contribution in [0.25, 0.3) is 0 Å². The minimum atomic E-state index is -0.379. The Balaban J connectivity index is 2.18. The first-order valence-corrected chi connectivity index (χ1v) is 7.51. The van der Waals surface area contributed by atoms with E-state index in [1.165, 1.54) is 0 Å². The summed E-state index contributed by atoms with van der Waals surface area (Å²) in [5, 5.41) is 2.81. The summed E-state index contributed by atoms with van der Waals surface area (Å²) in [4.78, 5) is 26.1. The van der Waals surface area contributed by atoms with Crippen molar-refractivity contribution in [1.29, 1.82) is 0 Å². The molecule has 0 spiro atoms. The van der Waals surface area contributed by atoms with Crippen molar-refractivity contribution in [2.75, 3.05) is 6.54 Å². The van der Waals surface area contributed by atoms with E-state index in [9.17, 15) is 9.59 Å². The maximum atomic E-state index is 12.5. The van der Waals surface area contributed by atoms with Crippen LogP contribution in [-0.2, 0) is 16.1 Å². The summed E-state index contributed by atoms with van der Waals surface area (Å²) in [6.07, 6.45) is 0.688. The highest BCUT2D eigenvalue weighted by atomic mass is 16.2. The smallest absolute Gasteiger partial charge is 0.245 e. The third-order valence-corrected chi connectivity index (χ3v) is 3.98. The molecule has 2 amide bonds. The quantitative estimate of drug-likeness (QED) is 0.923. The Morgan fingerprint density at radius 3 is 2.43 bits per heavy atom. The molecule has 1 atom stereocenters. The van der Waals surface area contributed by atoms with E-state index < -0.39 is 0 Å². The van der Waals surface area contributed by atoms with Crippen molar-refractivity contribution in [3.05, 3.63) is 34.9 Å². The zero-order valence-corrected chi connectivity index (χ0v) is 13.3. The van der Waals surface area contributed by atoms with Crippen molar-refractivity contribution in [3.8, 4) is 0 Å². The molecule has 1 aromatic carbocycles. The fraction of sp³-hybridized carbons (Fsp3) is 0.529. The lowest BCUT2D eigenvalue weighted by atomic mass is 9.99. The van der Waals surface area contributed by atoms with Gasteiger partial charge < -0.3 is 10.2 Å². The van der Waals surface area contributed by atoms with E-state index in [4.69, 9.17) is 0 Å². The summed E-state index contributed by atoms with van der Waals surface area (Å²) in [7, 11) is 0. The van der Waals surface area contributed by atoms with Crippen LogP contribution >= 0.6 is 0 Å². The number of rotatable bonds is 4. The van der Waals surface area contributed by atoms with Gasteiger partial charge in [0.25, 0.3) is 0 Å². The molecule has 1 aliphatic heterocycles. The second kappa shape index (κ2) is 6.29. The number of carbonyl (C=O) groups excluding carboxylic acids is 2. The predicted octanol–water partition coefficient (Wildman–Crippen LogP) is 2.18. The van der Waals surface area contributed by atoms with Crippen LogP contribution < -0.4 is 5.32 Å². The van der Waals surface area contributed by atoms with Gasteiger partial charge in [-0.15, -0.1) is 0 Å². The van der Waals surface area contributed by atoms with Crippen LogP contribution in [0, 0.1) is 19.8 Å². The molecule has 1 aliphatic rings. The first-order chi connectivity index (χ1) is 9.88. The lowest BCUT2D eigenvalue weighted by Crippen LogP contribution is -2.57. The highest BCUT2D eigenvalue weighted by Gasteiger charge is 2.33. The lowest BCUT2D eigenvalue weighted by molar-refractivity contribution is -0.145. The van der Waals surface area contributed by atoms with Crippen molar-refractivity contribution < 1.29 is 9.59 Å². The molecule has 1 saturated heterocycles. The van der Waals surface area contributed by atoms with Gasteiger partial charge >= 0.3 is 0 Å². The molecule has 1 unspecified atom stereocenters. The van der Waals surface area contributed by atoms with E-state index >= 15 is 0 Å². The predicted molar refractivity (Wildman–Crippen MR) is 82.7 cm³/mol.